The van der Waals surface area contributed by atoms with E-state index in [-0.39, 0.29) is 0 Å². The smallest absolute Gasteiger partial charge is 0.175 e. The Morgan fingerprint density at radius 1 is 1.07 bits per heavy atom. The Hall–Kier alpha value is -1.48. The van der Waals surface area contributed by atoms with Crippen LogP contribution in [0.15, 0.2) is 42.5 Å². The topological polar surface area (TPSA) is 21.3 Å². The zero-order chi connectivity index (χ0) is 9.80. The van der Waals surface area contributed by atoms with Gasteiger partial charge < -0.3 is 10.1 Å². The van der Waals surface area contributed by atoms with Gasteiger partial charge in [0.25, 0.3) is 0 Å². The van der Waals surface area contributed by atoms with E-state index in [1.165, 1.54) is 0 Å². The summed E-state index contributed by atoms with van der Waals surface area (Å²) in [6.07, 6.45) is 0. The quantitative estimate of drug-likeness (QED) is 0.828. The molecule has 0 unspecified atom stereocenters. The lowest BCUT2D eigenvalue weighted by Gasteiger charge is -2.01. The van der Waals surface area contributed by atoms with Gasteiger partial charge in [0, 0.05) is 5.69 Å². The van der Waals surface area contributed by atoms with Crippen LogP contribution in [0, 0.1) is 0 Å². The number of ether oxygens (including phenoxy) is 1. The molecule has 0 radical (unpaired) electrons. The molecule has 0 spiro atoms. The van der Waals surface area contributed by atoms with Crippen LogP contribution < -0.4 is 10.1 Å². The highest BCUT2D eigenvalue weighted by Crippen LogP contribution is 2.30. The van der Waals surface area contributed by atoms with E-state index in [1.807, 2.05) is 42.5 Å². The molecule has 0 aliphatic heterocycles. The number of anilines is 2. The lowest BCUT2D eigenvalue weighted by atomic mass is 10.3. The van der Waals surface area contributed by atoms with Crippen molar-refractivity contribution in [3.63, 3.8) is 0 Å². The zero-order valence-corrected chi connectivity index (χ0v) is 8.67. The molecule has 1 N–H and O–H groups in total. The minimum Gasteiger partial charge on any atom is -0.487 e. The number of benzene rings is 1. The number of rotatable bonds is 3. The normalized spacial score (nSPS) is 9.79. The highest BCUT2D eigenvalue weighted by Gasteiger charge is 1.98. The summed E-state index contributed by atoms with van der Waals surface area (Å²) in [4.78, 5) is 0. The number of hydrogen-bond donors (Lipinski definition) is 1. The molecule has 0 bridgehead atoms. The predicted octanol–water partition coefficient (Wildman–Crippen LogP) is 3.50. The Bertz CT molecular complexity index is 397. The SMILES string of the molecule is COc1ccc(Nc2ccccc2)s1. The first-order chi connectivity index (χ1) is 6.88. The van der Waals surface area contributed by atoms with Gasteiger partial charge in [-0.2, -0.15) is 0 Å². The molecule has 2 rings (SSSR count). The van der Waals surface area contributed by atoms with Crippen molar-refractivity contribution in [2.45, 2.75) is 0 Å². The Balaban J connectivity index is 2.11. The molecule has 0 atom stereocenters. The third kappa shape index (κ3) is 2.06. The van der Waals surface area contributed by atoms with Crippen molar-refractivity contribution < 1.29 is 4.74 Å². The van der Waals surface area contributed by atoms with Crippen molar-refractivity contribution in [2.24, 2.45) is 0 Å². The average Bonchev–Trinajstić information content (AvgIpc) is 2.67. The lowest BCUT2D eigenvalue weighted by molar-refractivity contribution is 0.427. The van der Waals surface area contributed by atoms with Crippen LogP contribution >= 0.6 is 11.3 Å². The van der Waals surface area contributed by atoms with Gasteiger partial charge in [-0.1, -0.05) is 29.5 Å². The molecule has 0 fully saturated rings. The summed E-state index contributed by atoms with van der Waals surface area (Å²) < 4.78 is 5.11. The van der Waals surface area contributed by atoms with Gasteiger partial charge in [-0.25, -0.2) is 0 Å². The van der Waals surface area contributed by atoms with Crippen LogP contribution in [0.3, 0.4) is 0 Å². The van der Waals surface area contributed by atoms with Crippen LogP contribution in [0.5, 0.6) is 5.06 Å². The predicted molar refractivity (Wildman–Crippen MR) is 60.6 cm³/mol. The van der Waals surface area contributed by atoms with E-state index < -0.39 is 0 Å². The summed E-state index contributed by atoms with van der Waals surface area (Å²) in [6, 6.07) is 14.0. The van der Waals surface area contributed by atoms with Crippen molar-refractivity contribution in [3.8, 4) is 5.06 Å². The third-order valence-corrected chi connectivity index (χ3v) is 2.79. The number of para-hydroxylation sites is 1. The van der Waals surface area contributed by atoms with E-state index in [2.05, 4.69) is 5.32 Å². The van der Waals surface area contributed by atoms with Crippen molar-refractivity contribution in [1.82, 2.24) is 0 Å². The minimum absolute atomic E-state index is 0.920. The number of methoxy groups -OCH3 is 1. The molecule has 2 nitrogen and oxygen atoms in total. The van der Waals surface area contributed by atoms with E-state index >= 15 is 0 Å². The maximum atomic E-state index is 5.11. The van der Waals surface area contributed by atoms with Crippen molar-refractivity contribution in [2.75, 3.05) is 12.4 Å². The lowest BCUT2D eigenvalue weighted by Crippen LogP contribution is -1.84. The highest BCUT2D eigenvalue weighted by molar-refractivity contribution is 7.17. The third-order valence-electron chi connectivity index (χ3n) is 1.82. The number of nitrogens with one attached hydrogen (secondary N) is 1. The molecule has 0 aliphatic carbocycles. The van der Waals surface area contributed by atoms with Crippen LogP contribution in [-0.4, -0.2) is 7.11 Å². The van der Waals surface area contributed by atoms with Gasteiger partial charge in [-0.3, -0.25) is 0 Å². The Labute approximate surface area is 87.2 Å². The first-order valence-electron chi connectivity index (χ1n) is 4.34. The summed E-state index contributed by atoms with van der Waals surface area (Å²) in [5.41, 5.74) is 1.09. The molecule has 1 aromatic heterocycles. The molecular formula is C11H11NOS. The second-order valence-electron chi connectivity index (χ2n) is 2.81. The summed E-state index contributed by atoms with van der Waals surface area (Å²) in [6.45, 7) is 0. The first kappa shape index (κ1) is 9.09. The molecule has 3 heteroatoms. The Morgan fingerprint density at radius 3 is 2.50 bits per heavy atom. The molecule has 0 saturated heterocycles. The summed E-state index contributed by atoms with van der Waals surface area (Å²) in [7, 11) is 1.68. The fourth-order valence-corrected chi connectivity index (χ4v) is 1.90. The maximum Gasteiger partial charge on any atom is 0.175 e. The van der Waals surface area contributed by atoms with Crippen LogP contribution in [-0.2, 0) is 0 Å². The summed E-state index contributed by atoms with van der Waals surface area (Å²) in [5, 5.41) is 5.31. The monoisotopic (exact) mass is 205 g/mol. The molecule has 0 aliphatic rings. The van der Waals surface area contributed by atoms with Crippen LogP contribution in [0.25, 0.3) is 0 Å². The summed E-state index contributed by atoms with van der Waals surface area (Å²) >= 11 is 1.59. The van der Waals surface area contributed by atoms with Crippen molar-refractivity contribution in [3.05, 3.63) is 42.5 Å². The minimum atomic E-state index is 0.920. The molecule has 1 aromatic carbocycles. The maximum absolute atomic E-state index is 5.11. The molecule has 2 aromatic rings. The fraction of sp³-hybridized carbons (Fsp3) is 0.0909. The van der Waals surface area contributed by atoms with Gasteiger partial charge >= 0.3 is 0 Å². The van der Waals surface area contributed by atoms with Crippen LogP contribution in [0.4, 0.5) is 10.7 Å². The second kappa shape index (κ2) is 4.15. The Kier molecular flexibility index (Phi) is 2.70. The van der Waals surface area contributed by atoms with Crippen LogP contribution in [0.1, 0.15) is 0 Å². The first-order valence-corrected chi connectivity index (χ1v) is 5.16. The van der Waals surface area contributed by atoms with Gasteiger partial charge in [0.1, 0.15) is 0 Å². The van der Waals surface area contributed by atoms with Gasteiger partial charge in [-0.15, -0.1) is 0 Å². The summed E-state index contributed by atoms with van der Waals surface area (Å²) in [5.74, 6) is 0. The largest absolute Gasteiger partial charge is 0.487 e. The molecule has 72 valence electrons. The zero-order valence-electron chi connectivity index (χ0n) is 7.86. The Morgan fingerprint density at radius 2 is 1.86 bits per heavy atom. The standard InChI is InChI=1S/C11H11NOS/c1-13-11-8-7-10(14-11)12-9-5-3-2-4-6-9/h2-8,12H,1H3. The fourth-order valence-electron chi connectivity index (χ4n) is 1.16. The number of thiophene rings is 1. The molecule has 0 amide bonds. The van der Waals surface area contributed by atoms with Gasteiger partial charge in [0.2, 0.25) is 0 Å². The van der Waals surface area contributed by atoms with E-state index in [1.54, 1.807) is 18.4 Å². The molecule has 14 heavy (non-hydrogen) atoms. The van der Waals surface area contributed by atoms with Gasteiger partial charge in [-0.05, 0) is 24.3 Å². The van der Waals surface area contributed by atoms with Crippen molar-refractivity contribution >= 4 is 22.0 Å². The molecule has 0 saturated carbocycles. The van der Waals surface area contributed by atoms with Gasteiger partial charge in [0.05, 0.1) is 12.1 Å². The van der Waals surface area contributed by atoms with E-state index in [0.29, 0.717) is 0 Å². The van der Waals surface area contributed by atoms with Crippen molar-refractivity contribution in [1.29, 1.82) is 0 Å². The average molecular weight is 205 g/mol. The highest BCUT2D eigenvalue weighted by atomic mass is 32.1. The van der Waals surface area contributed by atoms with E-state index in [9.17, 15) is 0 Å². The van der Waals surface area contributed by atoms with E-state index in [0.717, 1.165) is 15.8 Å². The molecular weight excluding hydrogens is 194 g/mol. The van der Waals surface area contributed by atoms with Crippen LogP contribution in [0.2, 0.25) is 0 Å². The second-order valence-corrected chi connectivity index (χ2v) is 3.86. The number of hydrogen-bond acceptors (Lipinski definition) is 3. The molecule has 1 heterocycles. The van der Waals surface area contributed by atoms with Gasteiger partial charge in [0.15, 0.2) is 5.06 Å². The van der Waals surface area contributed by atoms with E-state index in [4.69, 9.17) is 4.74 Å².